The maximum atomic E-state index is 12.2. The van der Waals surface area contributed by atoms with Crippen molar-refractivity contribution in [2.24, 2.45) is 5.10 Å². The van der Waals surface area contributed by atoms with Crippen LogP contribution in [0.4, 0.5) is 0 Å². The number of hydrogen-bond acceptors (Lipinski definition) is 3. The maximum Gasteiger partial charge on any atom is 0.280 e. The minimum absolute atomic E-state index is 0.292. The largest absolute Gasteiger partial charge is 0.481 e. The molecule has 0 fully saturated rings. The molecule has 1 atom stereocenters. The summed E-state index contributed by atoms with van der Waals surface area (Å²) in [5, 5.41) is 6.25. The van der Waals surface area contributed by atoms with Crippen molar-refractivity contribution in [1.29, 1.82) is 0 Å². The van der Waals surface area contributed by atoms with Gasteiger partial charge in [0.25, 0.3) is 5.91 Å². The molecule has 0 heterocycles. The Morgan fingerprint density at radius 3 is 2.58 bits per heavy atom. The number of ether oxygens (including phenoxy) is 1. The van der Waals surface area contributed by atoms with Crippen molar-refractivity contribution < 1.29 is 9.53 Å². The van der Waals surface area contributed by atoms with Gasteiger partial charge >= 0.3 is 0 Å². The highest BCUT2D eigenvalue weighted by Gasteiger charge is 2.14. The van der Waals surface area contributed by atoms with Crippen LogP contribution in [0.3, 0.4) is 0 Å². The van der Waals surface area contributed by atoms with Crippen LogP contribution in [0.2, 0.25) is 0 Å². The van der Waals surface area contributed by atoms with Gasteiger partial charge in [0.1, 0.15) is 5.75 Å². The number of benzene rings is 3. The predicted octanol–water partition coefficient (Wildman–Crippen LogP) is 4.37. The third kappa shape index (κ3) is 4.28. The summed E-state index contributed by atoms with van der Waals surface area (Å²) < 4.78 is 5.74. The van der Waals surface area contributed by atoms with Gasteiger partial charge in [-0.3, -0.25) is 4.79 Å². The lowest BCUT2D eigenvalue weighted by Crippen LogP contribution is -2.33. The summed E-state index contributed by atoms with van der Waals surface area (Å²) >= 11 is 0. The second kappa shape index (κ2) is 7.83. The molecule has 0 saturated heterocycles. The number of rotatable bonds is 5. The summed E-state index contributed by atoms with van der Waals surface area (Å²) in [7, 11) is 0. The lowest BCUT2D eigenvalue weighted by molar-refractivity contribution is -0.127. The average molecular weight is 346 g/mol. The predicted molar refractivity (Wildman–Crippen MR) is 106 cm³/mol. The summed E-state index contributed by atoms with van der Waals surface area (Å²) in [5.74, 6) is 0.365. The first kappa shape index (κ1) is 17.7. The van der Waals surface area contributed by atoms with Crippen LogP contribution in [0, 0.1) is 13.8 Å². The van der Waals surface area contributed by atoms with E-state index >= 15 is 0 Å². The van der Waals surface area contributed by atoms with Gasteiger partial charge in [-0.15, -0.1) is 0 Å². The lowest BCUT2D eigenvalue weighted by atomic mass is 10.1. The van der Waals surface area contributed by atoms with E-state index in [0.717, 1.165) is 21.9 Å². The molecule has 1 unspecified atom stereocenters. The van der Waals surface area contributed by atoms with E-state index in [1.54, 1.807) is 13.1 Å². The normalized spacial score (nSPS) is 12.3. The molecule has 3 aromatic rings. The van der Waals surface area contributed by atoms with E-state index in [2.05, 4.69) is 16.6 Å². The van der Waals surface area contributed by atoms with Gasteiger partial charge in [-0.25, -0.2) is 5.43 Å². The van der Waals surface area contributed by atoms with E-state index in [0.29, 0.717) is 5.75 Å². The molecular formula is C22H22N2O2. The van der Waals surface area contributed by atoms with E-state index in [1.165, 1.54) is 5.56 Å². The molecule has 0 radical (unpaired) electrons. The minimum atomic E-state index is -0.646. The molecule has 132 valence electrons. The number of carbonyl (C=O) groups excluding carboxylic acids is 1. The van der Waals surface area contributed by atoms with Crippen LogP contribution in [0.1, 0.15) is 23.6 Å². The molecule has 3 rings (SSSR count). The van der Waals surface area contributed by atoms with E-state index in [1.807, 2.05) is 68.4 Å². The molecule has 0 spiro atoms. The summed E-state index contributed by atoms with van der Waals surface area (Å²) in [4.78, 5) is 12.2. The Morgan fingerprint density at radius 2 is 1.81 bits per heavy atom. The fraction of sp³-hybridized carbons (Fsp3) is 0.182. The molecule has 4 heteroatoms. The Labute approximate surface area is 153 Å². The topological polar surface area (TPSA) is 50.7 Å². The Hall–Kier alpha value is -3.14. The molecule has 3 aromatic carbocycles. The molecule has 1 N–H and O–H groups in total. The van der Waals surface area contributed by atoms with E-state index in [-0.39, 0.29) is 5.91 Å². The first-order valence-corrected chi connectivity index (χ1v) is 8.58. The zero-order chi connectivity index (χ0) is 18.5. The van der Waals surface area contributed by atoms with Gasteiger partial charge in [0.2, 0.25) is 0 Å². The van der Waals surface area contributed by atoms with Crippen molar-refractivity contribution in [2.45, 2.75) is 26.9 Å². The molecule has 4 nitrogen and oxygen atoms in total. The van der Waals surface area contributed by atoms with Gasteiger partial charge < -0.3 is 4.74 Å². The van der Waals surface area contributed by atoms with Crippen molar-refractivity contribution in [2.75, 3.05) is 0 Å². The van der Waals surface area contributed by atoms with Gasteiger partial charge in [0.15, 0.2) is 6.10 Å². The van der Waals surface area contributed by atoms with Crippen LogP contribution in [0.5, 0.6) is 5.75 Å². The molecule has 0 aromatic heterocycles. The fourth-order valence-electron chi connectivity index (χ4n) is 2.73. The Kier molecular flexibility index (Phi) is 5.32. The van der Waals surface area contributed by atoms with Crippen LogP contribution < -0.4 is 10.2 Å². The standard InChI is InChI=1S/C22H22N2O2/c1-15-8-9-20(16(2)12-15)14-23-24-22(25)17(3)26-21-11-10-18-6-4-5-7-19(18)13-21/h4-14,17H,1-3H3,(H,24,25). The Morgan fingerprint density at radius 1 is 1.04 bits per heavy atom. The molecule has 0 aliphatic carbocycles. The average Bonchev–Trinajstić information content (AvgIpc) is 2.63. The van der Waals surface area contributed by atoms with Gasteiger partial charge in [-0.2, -0.15) is 5.10 Å². The van der Waals surface area contributed by atoms with E-state index < -0.39 is 6.10 Å². The number of aryl methyl sites for hydroxylation is 2. The van der Waals surface area contributed by atoms with Gasteiger partial charge in [-0.1, -0.05) is 54.1 Å². The second-order valence-electron chi connectivity index (χ2n) is 6.36. The van der Waals surface area contributed by atoms with Crippen LogP contribution in [-0.2, 0) is 4.79 Å². The van der Waals surface area contributed by atoms with Crippen molar-refractivity contribution in [3.8, 4) is 5.75 Å². The van der Waals surface area contributed by atoms with Crippen LogP contribution in [0.15, 0.2) is 65.8 Å². The quantitative estimate of drug-likeness (QED) is 0.551. The smallest absolute Gasteiger partial charge is 0.280 e. The SMILES string of the molecule is Cc1ccc(C=NNC(=O)C(C)Oc2ccc3ccccc3c2)c(C)c1. The molecule has 0 saturated carbocycles. The van der Waals surface area contributed by atoms with E-state index in [4.69, 9.17) is 4.74 Å². The Balaban J connectivity index is 1.60. The number of amides is 1. The van der Waals surface area contributed by atoms with Crippen LogP contribution in [0.25, 0.3) is 10.8 Å². The zero-order valence-electron chi connectivity index (χ0n) is 15.2. The fourth-order valence-corrected chi connectivity index (χ4v) is 2.73. The molecular weight excluding hydrogens is 324 g/mol. The number of hydrogen-bond donors (Lipinski definition) is 1. The first-order chi connectivity index (χ1) is 12.5. The first-order valence-electron chi connectivity index (χ1n) is 8.58. The van der Waals surface area contributed by atoms with Gasteiger partial charge in [0.05, 0.1) is 6.21 Å². The molecule has 0 aliphatic rings. The highest BCUT2D eigenvalue weighted by atomic mass is 16.5. The minimum Gasteiger partial charge on any atom is -0.481 e. The summed E-state index contributed by atoms with van der Waals surface area (Å²) in [6, 6.07) is 19.9. The van der Waals surface area contributed by atoms with Crippen molar-refractivity contribution in [3.63, 3.8) is 0 Å². The number of carbonyl (C=O) groups is 1. The monoisotopic (exact) mass is 346 g/mol. The van der Waals surface area contributed by atoms with E-state index in [9.17, 15) is 4.79 Å². The van der Waals surface area contributed by atoms with Crippen molar-refractivity contribution in [3.05, 3.63) is 77.4 Å². The highest BCUT2D eigenvalue weighted by Crippen LogP contribution is 2.21. The van der Waals surface area contributed by atoms with Crippen molar-refractivity contribution in [1.82, 2.24) is 5.43 Å². The third-order valence-corrected chi connectivity index (χ3v) is 4.21. The van der Waals surface area contributed by atoms with Crippen molar-refractivity contribution >= 4 is 22.9 Å². The lowest BCUT2D eigenvalue weighted by Gasteiger charge is -2.13. The number of hydrazone groups is 1. The van der Waals surface area contributed by atoms with Gasteiger partial charge in [-0.05, 0) is 54.8 Å². The number of nitrogens with one attached hydrogen (secondary N) is 1. The summed E-state index contributed by atoms with van der Waals surface area (Å²) in [6.07, 6.45) is 1.00. The van der Waals surface area contributed by atoms with Gasteiger partial charge in [0, 0.05) is 0 Å². The van der Waals surface area contributed by atoms with Crippen LogP contribution >= 0.6 is 0 Å². The molecule has 0 bridgehead atoms. The third-order valence-electron chi connectivity index (χ3n) is 4.21. The maximum absolute atomic E-state index is 12.2. The molecule has 1 amide bonds. The molecule has 0 aliphatic heterocycles. The summed E-state index contributed by atoms with van der Waals surface area (Å²) in [5.41, 5.74) is 5.82. The Bertz CT molecular complexity index is 963. The molecule has 26 heavy (non-hydrogen) atoms. The number of fused-ring (bicyclic) bond motifs is 1. The van der Waals surface area contributed by atoms with Crippen LogP contribution in [-0.4, -0.2) is 18.2 Å². The second-order valence-corrected chi connectivity index (χ2v) is 6.36. The number of nitrogens with zero attached hydrogens (tertiary/aromatic N) is 1. The zero-order valence-corrected chi connectivity index (χ0v) is 15.2. The summed E-state index contributed by atoms with van der Waals surface area (Å²) in [6.45, 7) is 5.76. The highest BCUT2D eigenvalue weighted by molar-refractivity contribution is 5.86.